The molecule has 3 rings (SSSR count). The van der Waals surface area contributed by atoms with Crippen molar-refractivity contribution in [3.63, 3.8) is 0 Å². The predicted octanol–water partition coefficient (Wildman–Crippen LogP) is 1.44. The van der Waals surface area contributed by atoms with E-state index >= 15 is 0 Å². The van der Waals surface area contributed by atoms with Gasteiger partial charge in [0.1, 0.15) is 12.4 Å². The first kappa shape index (κ1) is 11.5. The van der Waals surface area contributed by atoms with Crippen molar-refractivity contribution in [2.24, 2.45) is 5.92 Å². The Kier molecular flexibility index (Phi) is 3.19. The van der Waals surface area contributed by atoms with Crippen LogP contribution in [0.1, 0.15) is 12.0 Å². The highest BCUT2D eigenvalue weighted by Gasteiger charge is 2.29. The fraction of sp³-hybridized carbons (Fsp3) is 0.500. The molecule has 18 heavy (non-hydrogen) atoms. The summed E-state index contributed by atoms with van der Waals surface area (Å²) in [5.74, 6) is 1.14. The molecule has 0 aliphatic carbocycles. The van der Waals surface area contributed by atoms with Gasteiger partial charge in [0, 0.05) is 18.7 Å². The standard InChI is InChI=1S/C14H17NO3/c16-14(12-5-7-17-10-12)15-6-8-18-13-4-2-1-3-11(13)9-15/h1-4,12H,5-10H2/t12-/m0/s1. The summed E-state index contributed by atoms with van der Waals surface area (Å²) < 4.78 is 11.0. The average molecular weight is 247 g/mol. The molecule has 0 aromatic heterocycles. The normalized spacial score (nSPS) is 23.1. The van der Waals surface area contributed by atoms with Crippen molar-refractivity contribution in [3.05, 3.63) is 29.8 Å². The second kappa shape index (κ2) is 4.98. The van der Waals surface area contributed by atoms with Gasteiger partial charge >= 0.3 is 0 Å². The van der Waals surface area contributed by atoms with Gasteiger partial charge in [-0.05, 0) is 12.5 Å². The Balaban J connectivity index is 1.76. The molecule has 1 saturated heterocycles. The summed E-state index contributed by atoms with van der Waals surface area (Å²) in [7, 11) is 0. The second-order valence-electron chi connectivity index (χ2n) is 4.78. The molecule has 1 amide bonds. The molecular weight excluding hydrogens is 230 g/mol. The third-order valence-electron chi connectivity index (χ3n) is 3.54. The zero-order valence-corrected chi connectivity index (χ0v) is 10.3. The largest absolute Gasteiger partial charge is 0.491 e. The number of fused-ring (bicyclic) bond motifs is 1. The van der Waals surface area contributed by atoms with Gasteiger partial charge in [-0.25, -0.2) is 0 Å². The van der Waals surface area contributed by atoms with E-state index in [0.717, 1.165) is 17.7 Å². The molecule has 4 heteroatoms. The fourth-order valence-electron chi connectivity index (χ4n) is 2.50. The van der Waals surface area contributed by atoms with E-state index in [-0.39, 0.29) is 11.8 Å². The van der Waals surface area contributed by atoms with Crippen LogP contribution in [-0.2, 0) is 16.1 Å². The summed E-state index contributed by atoms with van der Waals surface area (Å²) in [4.78, 5) is 14.2. The number of hydrogen-bond donors (Lipinski definition) is 0. The second-order valence-corrected chi connectivity index (χ2v) is 4.78. The number of ether oxygens (including phenoxy) is 2. The van der Waals surface area contributed by atoms with E-state index in [1.807, 2.05) is 29.2 Å². The molecule has 0 N–H and O–H groups in total. The van der Waals surface area contributed by atoms with E-state index in [0.29, 0.717) is 32.9 Å². The minimum atomic E-state index is 0.0373. The van der Waals surface area contributed by atoms with Crippen molar-refractivity contribution in [1.82, 2.24) is 4.90 Å². The van der Waals surface area contributed by atoms with Crippen molar-refractivity contribution in [3.8, 4) is 5.75 Å². The Bertz CT molecular complexity index is 440. The monoisotopic (exact) mass is 247 g/mol. The number of benzene rings is 1. The lowest BCUT2D eigenvalue weighted by Gasteiger charge is -2.22. The maximum absolute atomic E-state index is 12.4. The van der Waals surface area contributed by atoms with Gasteiger partial charge in [0.15, 0.2) is 0 Å². The number of hydrogen-bond acceptors (Lipinski definition) is 3. The third kappa shape index (κ3) is 2.20. The number of rotatable bonds is 1. The highest BCUT2D eigenvalue weighted by Crippen LogP contribution is 2.24. The Hall–Kier alpha value is -1.55. The van der Waals surface area contributed by atoms with E-state index in [1.165, 1.54) is 0 Å². The Labute approximate surface area is 106 Å². The molecule has 0 saturated carbocycles. The van der Waals surface area contributed by atoms with Crippen LogP contribution in [0, 0.1) is 5.92 Å². The maximum Gasteiger partial charge on any atom is 0.228 e. The lowest BCUT2D eigenvalue weighted by atomic mass is 10.1. The van der Waals surface area contributed by atoms with Gasteiger partial charge in [-0.1, -0.05) is 18.2 Å². The highest BCUT2D eigenvalue weighted by atomic mass is 16.5. The number of carbonyl (C=O) groups is 1. The fourth-order valence-corrected chi connectivity index (χ4v) is 2.50. The molecule has 0 unspecified atom stereocenters. The maximum atomic E-state index is 12.4. The summed E-state index contributed by atoms with van der Waals surface area (Å²) in [5, 5.41) is 0. The van der Waals surface area contributed by atoms with Gasteiger partial charge in [0.25, 0.3) is 0 Å². The van der Waals surface area contributed by atoms with Crippen molar-refractivity contribution in [2.75, 3.05) is 26.4 Å². The quantitative estimate of drug-likeness (QED) is 0.754. The average Bonchev–Trinajstić information content (AvgIpc) is 2.84. The van der Waals surface area contributed by atoms with E-state index in [1.54, 1.807) is 0 Å². The Morgan fingerprint density at radius 3 is 3.00 bits per heavy atom. The van der Waals surface area contributed by atoms with Crippen LogP contribution in [0.4, 0.5) is 0 Å². The van der Waals surface area contributed by atoms with Crippen molar-refractivity contribution < 1.29 is 14.3 Å². The molecule has 4 nitrogen and oxygen atoms in total. The molecule has 96 valence electrons. The minimum absolute atomic E-state index is 0.0373. The molecule has 2 aliphatic rings. The molecule has 1 atom stereocenters. The van der Waals surface area contributed by atoms with Crippen molar-refractivity contribution >= 4 is 5.91 Å². The lowest BCUT2D eigenvalue weighted by Crippen LogP contribution is -2.37. The lowest BCUT2D eigenvalue weighted by molar-refractivity contribution is -0.136. The third-order valence-corrected chi connectivity index (χ3v) is 3.54. The van der Waals surface area contributed by atoms with E-state index in [4.69, 9.17) is 9.47 Å². The Morgan fingerprint density at radius 1 is 1.28 bits per heavy atom. The van der Waals surface area contributed by atoms with Crippen molar-refractivity contribution in [2.45, 2.75) is 13.0 Å². The zero-order valence-electron chi connectivity index (χ0n) is 10.3. The smallest absolute Gasteiger partial charge is 0.228 e. The zero-order chi connectivity index (χ0) is 12.4. The van der Waals surface area contributed by atoms with Gasteiger partial charge in [-0.2, -0.15) is 0 Å². The topological polar surface area (TPSA) is 38.8 Å². The highest BCUT2D eigenvalue weighted by molar-refractivity contribution is 5.79. The van der Waals surface area contributed by atoms with E-state index in [9.17, 15) is 4.79 Å². The first-order chi connectivity index (χ1) is 8.84. The summed E-state index contributed by atoms with van der Waals surface area (Å²) >= 11 is 0. The van der Waals surface area contributed by atoms with Crippen LogP contribution in [0.25, 0.3) is 0 Å². The van der Waals surface area contributed by atoms with Crippen LogP contribution < -0.4 is 4.74 Å². The number of carbonyl (C=O) groups excluding carboxylic acids is 1. The predicted molar refractivity (Wildman–Crippen MR) is 66.3 cm³/mol. The molecule has 0 spiro atoms. The van der Waals surface area contributed by atoms with E-state index in [2.05, 4.69) is 0 Å². The summed E-state index contributed by atoms with van der Waals surface area (Å²) in [6, 6.07) is 7.92. The SMILES string of the molecule is O=C([C@H]1CCOC1)N1CCOc2ccccc2C1. The van der Waals surface area contributed by atoms with Gasteiger partial charge < -0.3 is 14.4 Å². The van der Waals surface area contributed by atoms with Crippen LogP contribution >= 0.6 is 0 Å². The molecule has 2 aliphatic heterocycles. The number of nitrogens with zero attached hydrogens (tertiary/aromatic N) is 1. The van der Waals surface area contributed by atoms with Crippen LogP contribution in [0.2, 0.25) is 0 Å². The summed E-state index contributed by atoms with van der Waals surface area (Å²) in [5.41, 5.74) is 1.09. The van der Waals surface area contributed by atoms with Crippen LogP contribution in [-0.4, -0.2) is 37.2 Å². The van der Waals surface area contributed by atoms with Gasteiger partial charge in [-0.15, -0.1) is 0 Å². The molecule has 0 bridgehead atoms. The molecule has 1 aromatic rings. The number of para-hydroxylation sites is 1. The minimum Gasteiger partial charge on any atom is -0.491 e. The molecule has 2 heterocycles. The van der Waals surface area contributed by atoms with Gasteiger partial charge in [0.05, 0.1) is 19.1 Å². The first-order valence-electron chi connectivity index (χ1n) is 6.42. The number of amides is 1. The van der Waals surface area contributed by atoms with Gasteiger partial charge in [-0.3, -0.25) is 4.79 Å². The van der Waals surface area contributed by atoms with Crippen LogP contribution in [0.3, 0.4) is 0 Å². The van der Waals surface area contributed by atoms with Gasteiger partial charge in [0.2, 0.25) is 5.91 Å². The molecule has 0 radical (unpaired) electrons. The molecule has 1 fully saturated rings. The van der Waals surface area contributed by atoms with E-state index < -0.39 is 0 Å². The Morgan fingerprint density at radius 2 is 2.17 bits per heavy atom. The molecular formula is C14H17NO3. The molecule has 1 aromatic carbocycles. The van der Waals surface area contributed by atoms with Crippen LogP contribution in [0.5, 0.6) is 5.75 Å². The van der Waals surface area contributed by atoms with Crippen LogP contribution in [0.15, 0.2) is 24.3 Å². The first-order valence-corrected chi connectivity index (χ1v) is 6.42. The summed E-state index contributed by atoms with van der Waals surface area (Å²) in [6.07, 6.45) is 0.845. The van der Waals surface area contributed by atoms with Crippen molar-refractivity contribution in [1.29, 1.82) is 0 Å². The summed E-state index contributed by atoms with van der Waals surface area (Å²) in [6.45, 7) is 3.14.